The van der Waals surface area contributed by atoms with E-state index in [0.29, 0.717) is 18.2 Å². The van der Waals surface area contributed by atoms with Gasteiger partial charge in [-0.2, -0.15) is 0 Å². The van der Waals surface area contributed by atoms with Crippen LogP contribution in [0.3, 0.4) is 0 Å². The minimum Gasteiger partial charge on any atom is -0.350 e. The summed E-state index contributed by atoms with van der Waals surface area (Å²) in [5.74, 6) is 0.802. The summed E-state index contributed by atoms with van der Waals surface area (Å²) in [6, 6.07) is 0. The summed E-state index contributed by atoms with van der Waals surface area (Å²) >= 11 is 0. The lowest BCUT2D eigenvalue weighted by Gasteiger charge is -2.09. The van der Waals surface area contributed by atoms with Crippen molar-refractivity contribution in [2.45, 2.75) is 26.3 Å². The number of hydrogen-bond donors (Lipinski definition) is 1. The van der Waals surface area contributed by atoms with E-state index in [2.05, 4.69) is 20.3 Å². The maximum Gasteiger partial charge on any atom is 0.223 e. The number of carbonyl (C=O) groups is 1. The minimum atomic E-state index is 0.0931. The molecule has 1 aromatic heterocycles. The fourth-order valence-corrected chi connectivity index (χ4v) is 1.41. The zero-order chi connectivity index (χ0) is 9.97. The van der Waals surface area contributed by atoms with E-state index in [1.54, 1.807) is 0 Å². The molecule has 1 amide bonds. The van der Waals surface area contributed by atoms with E-state index >= 15 is 0 Å². The predicted octanol–water partition coefficient (Wildman–Crippen LogP) is 0.732. The van der Waals surface area contributed by atoms with Crippen molar-refractivity contribution >= 4 is 5.91 Å². The lowest BCUT2D eigenvalue weighted by atomic mass is 10.1. The molecular formula is C9H13N3O2. The van der Waals surface area contributed by atoms with Gasteiger partial charge in [0, 0.05) is 5.92 Å². The van der Waals surface area contributed by atoms with Gasteiger partial charge in [-0.1, -0.05) is 17.2 Å². The molecule has 1 aliphatic carbocycles. The summed E-state index contributed by atoms with van der Waals surface area (Å²) in [5.41, 5.74) is 0.654. The molecule has 0 bridgehead atoms. The van der Waals surface area contributed by atoms with E-state index in [1.807, 2.05) is 6.92 Å². The first kappa shape index (κ1) is 9.18. The molecule has 1 unspecified atom stereocenters. The molecule has 5 heteroatoms. The second-order valence-corrected chi connectivity index (χ2v) is 3.74. The van der Waals surface area contributed by atoms with E-state index in [9.17, 15) is 4.79 Å². The third kappa shape index (κ3) is 2.10. The molecule has 1 fully saturated rings. The largest absolute Gasteiger partial charge is 0.350 e. The van der Waals surface area contributed by atoms with Gasteiger partial charge < -0.3 is 5.32 Å². The molecule has 0 spiro atoms. The van der Waals surface area contributed by atoms with Crippen molar-refractivity contribution in [3.63, 3.8) is 0 Å². The van der Waals surface area contributed by atoms with Gasteiger partial charge in [0.1, 0.15) is 5.69 Å². The Bertz CT molecular complexity index is 306. The quantitative estimate of drug-likeness (QED) is 0.769. The van der Waals surface area contributed by atoms with Gasteiger partial charge in [0.25, 0.3) is 0 Å². The van der Waals surface area contributed by atoms with Gasteiger partial charge in [-0.25, -0.2) is 4.63 Å². The molecule has 5 nitrogen and oxygen atoms in total. The zero-order valence-corrected chi connectivity index (χ0v) is 8.06. The maximum absolute atomic E-state index is 11.5. The Morgan fingerprint density at radius 3 is 3.14 bits per heavy atom. The monoisotopic (exact) mass is 195 g/mol. The number of rotatable bonds is 4. The second kappa shape index (κ2) is 3.77. The van der Waals surface area contributed by atoms with Crippen LogP contribution in [0.2, 0.25) is 0 Å². The molecule has 76 valence electrons. The lowest BCUT2D eigenvalue weighted by Crippen LogP contribution is -2.29. The van der Waals surface area contributed by atoms with Crippen LogP contribution in [-0.2, 0) is 11.3 Å². The molecule has 0 aliphatic heterocycles. The zero-order valence-electron chi connectivity index (χ0n) is 8.06. The molecule has 2 rings (SSSR count). The van der Waals surface area contributed by atoms with Crippen LogP contribution in [0.1, 0.15) is 25.5 Å². The topological polar surface area (TPSA) is 68.0 Å². The van der Waals surface area contributed by atoms with Crippen LogP contribution in [0, 0.1) is 11.8 Å². The molecule has 0 aromatic carbocycles. The standard InChI is InChI=1S/C9H13N3O2/c1-6(7-2-3-7)9(13)10-4-8-5-11-14-12-8/h5-7H,2-4H2,1H3,(H,10,13). The number of amides is 1. The van der Waals surface area contributed by atoms with E-state index in [0.717, 1.165) is 0 Å². The lowest BCUT2D eigenvalue weighted by molar-refractivity contribution is -0.125. The number of nitrogens with zero attached hydrogens (tertiary/aromatic N) is 2. The van der Waals surface area contributed by atoms with Crippen LogP contribution < -0.4 is 5.32 Å². The van der Waals surface area contributed by atoms with Crippen LogP contribution in [0.15, 0.2) is 10.8 Å². The first-order chi connectivity index (χ1) is 6.77. The van der Waals surface area contributed by atoms with Gasteiger partial charge in [-0.15, -0.1) is 0 Å². The average molecular weight is 195 g/mol. The first-order valence-corrected chi connectivity index (χ1v) is 4.81. The molecule has 1 N–H and O–H groups in total. The van der Waals surface area contributed by atoms with Crippen molar-refractivity contribution in [2.24, 2.45) is 11.8 Å². The Kier molecular flexibility index (Phi) is 2.47. The summed E-state index contributed by atoms with van der Waals surface area (Å²) in [5, 5.41) is 9.87. The minimum absolute atomic E-state index is 0.0931. The Hall–Kier alpha value is -1.39. The number of hydrogen-bond acceptors (Lipinski definition) is 4. The molecule has 14 heavy (non-hydrogen) atoms. The third-order valence-electron chi connectivity index (χ3n) is 2.59. The normalized spacial score (nSPS) is 17.8. The summed E-state index contributed by atoms with van der Waals surface area (Å²) in [7, 11) is 0. The molecule has 1 atom stereocenters. The molecule has 1 saturated carbocycles. The highest BCUT2D eigenvalue weighted by Crippen LogP contribution is 2.36. The van der Waals surface area contributed by atoms with Gasteiger partial charge >= 0.3 is 0 Å². The smallest absolute Gasteiger partial charge is 0.223 e. The van der Waals surface area contributed by atoms with E-state index in [1.165, 1.54) is 19.0 Å². The SMILES string of the molecule is CC(C(=O)NCc1cnon1)C1CC1. The Morgan fingerprint density at radius 2 is 2.57 bits per heavy atom. The van der Waals surface area contributed by atoms with Gasteiger partial charge in [-0.3, -0.25) is 4.79 Å². The average Bonchev–Trinajstić information content (AvgIpc) is 2.91. The van der Waals surface area contributed by atoms with Crippen LogP contribution in [0.5, 0.6) is 0 Å². The highest BCUT2D eigenvalue weighted by molar-refractivity contribution is 5.78. The van der Waals surface area contributed by atoms with Crippen molar-refractivity contribution in [2.75, 3.05) is 0 Å². The summed E-state index contributed by atoms with van der Waals surface area (Å²) in [6.45, 7) is 2.37. The molecular weight excluding hydrogens is 182 g/mol. The van der Waals surface area contributed by atoms with E-state index in [4.69, 9.17) is 0 Å². The number of aromatic nitrogens is 2. The van der Waals surface area contributed by atoms with Crippen LogP contribution in [0.4, 0.5) is 0 Å². The Labute approximate surface area is 81.8 Å². The van der Waals surface area contributed by atoms with Gasteiger partial charge in [-0.05, 0) is 18.8 Å². The number of nitrogens with one attached hydrogen (secondary N) is 1. The van der Waals surface area contributed by atoms with Gasteiger partial charge in [0.2, 0.25) is 5.91 Å². The maximum atomic E-state index is 11.5. The van der Waals surface area contributed by atoms with Crippen molar-refractivity contribution < 1.29 is 9.42 Å². The molecule has 0 radical (unpaired) electrons. The predicted molar refractivity (Wildman–Crippen MR) is 48.0 cm³/mol. The summed E-state index contributed by atoms with van der Waals surface area (Å²) in [6.07, 6.45) is 3.86. The highest BCUT2D eigenvalue weighted by Gasteiger charge is 2.32. The molecule has 1 heterocycles. The van der Waals surface area contributed by atoms with Crippen LogP contribution in [0.25, 0.3) is 0 Å². The van der Waals surface area contributed by atoms with Gasteiger partial charge in [0.15, 0.2) is 0 Å². The third-order valence-corrected chi connectivity index (χ3v) is 2.59. The number of carbonyl (C=O) groups excluding carboxylic acids is 1. The summed E-state index contributed by atoms with van der Waals surface area (Å²) < 4.78 is 4.42. The van der Waals surface area contributed by atoms with Crippen molar-refractivity contribution in [3.05, 3.63) is 11.9 Å². The second-order valence-electron chi connectivity index (χ2n) is 3.74. The Balaban J connectivity index is 1.77. The fraction of sp³-hybridized carbons (Fsp3) is 0.667. The van der Waals surface area contributed by atoms with E-state index < -0.39 is 0 Å². The first-order valence-electron chi connectivity index (χ1n) is 4.81. The summed E-state index contributed by atoms with van der Waals surface area (Å²) in [4.78, 5) is 11.5. The van der Waals surface area contributed by atoms with E-state index in [-0.39, 0.29) is 11.8 Å². The van der Waals surface area contributed by atoms with Crippen LogP contribution in [-0.4, -0.2) is 16.2 Å². The van der Waals surface area contributed by atoms with Crippen molar-refractivity contribution in [3.8, 4) is 0 Å². The fourth-order valence-electron chi connectivity index (χ4n) is 1.41. The molecule has 0 saturated heterocycles. The van der Waals surface area contributed by atoms with Crippen LogP contribution >= 0.6 is 0 Å². The Morgan fingerprint density at radius 1 is 1.79 bits per heavy atom. The highest BCUT2D eigenvalue weighted by atomic mass is 16.6. The molecule has 1 aromatic rings. The van der Waals surface area contributed by atoms with Crippen molar-refractivity contribution in [1.82, 2.24) is 15.6 Å². The van der Waals surface area contributed by atoms with Crippen molar-refractivity contribution in [1.29, 1.82) is 0 Å². The molecule has 1 aliphatic rings. The van der Waals surface area contributed by atoms with Gasteiger partial charge in [0.05, 0.1) is 12.7 Å².